The maximum Gasteiger partial charge on any atom is 0.0236 e. The topological polar surface area (TPSA) is 15.3 Å². The minimum absolute atomic E-state index is 0.734. The first-order valence-electron chi connectivity index (χ1n) is 7.71. The Morgan fingerprint density at radius 1 is 1.11 bits per heavy atom. The smallest absolute Gasteiger partial charge is 0.0236 e. The van der Waals surface area contributed by atoms with Gasteiger partial charge in [-0.2, -0.15) is 0 Å². The van der Waals surface area contributed by atoms with E-state index in [0.717, 1.165) is 31.6 Å². The van der Waals surface area contributed by atoms with E-state index in [0.29, 0.717) is 0 Å². The van der Waals surface area contributed by atoms with Crippen molar-refractivity contribution in [2.45, 2.75) is 52.7 Å². The first-order chi connectivity index (χ1) is 9.19. The molecule has 2 heteroatoms. The number of benzene rings is 1. The quantitative estimate of drug-likeness (QED) is 0.872. The molecule has 19 heavy (non-hydrogen) atoms. The molecule has 1 N–H and O–H groups in total. The molecule has 0 amide bonds. The van der Waals surface area contributed by atoms with Crippen LogP contribution in [-0.2, 0) is 13.1 Å². The van der Waals surface area contributed by atoms with Crippen LogP contribution >= 0.6 is 0 Å². The van der Waals surface area contributed by atoms with Gasteiger partial charge < -0.3 is 5.32 Å². The molecule has 2 unspecified atom stereocenters. The predicted molar refractivity (Wildman–Crippen MR) is 82.1 cm³/mol. The number of nitrogens with zero attached hydrogens (tertiary/aromatic N) is 1. The number of nitrogens with one attached hydrogen (secondary N) is 1. The highest BCUT2D eigenvalue weighted by Crippen LogP contribution is 2.23. The van der Waals surface area contributed by atoms with Gasteiger partial charge in [0, 0.05) is 25.7 Å². The summed E-state index contributed by atoms with van der Waals surface area (Å²) < 4.78 is 0. The van der Waals surface area contributed by atoms with Crippen molar-refractivity contribution in [3.8, 4) is 0 Å². The first-order valence-corrected chi connectivity index (χ1v) is 7.71. The van der Waals surface area contributed by atoms with E-state index in [-0.39, 0.29) is 0 Å². The summed E-state index contributed by atoms with van der Waals surface area (Å²) in [6.07, 6.45) is 2.74. The molecule has 1 heterocycles. The largest absolute Gasteiger partial charge is 0.313 e. The number of hydrogen-bond donors (Lipinski definition) is 1. The van der Waals surface area contributed by atoms with Gasteiger partial charge in [-0.25, -0.2) is 0 Å². The first kappa shape index (κ1) is 14.5. The molecule has 2 atom stereocenters. The molecule has 0 aromatic heterocycles. The Balaban J connectivity index is 1.91. The maximum absolute atomic E-state index is 3.37. The van der Waals surface area contributed by atoms with Gasteiger partial charge in [-0.1, -0.05) is 38.1 Å². The zero-order valence-electron chi connectivity index (χ0n) is 12.7. The monoisotopic (exact) mass is 260 g/mol. The van der Waals surface area contributed by atoms with Crippen LogP contribution in [0.5, 0.6) is 0 Å². The van der Waals surface area contributed by atoms with Crippen LogP contribution in [0.4, 0.5) is 0 Å². The molecule has 1 saturated heterocycles. The highest BCUT2D eigenvalue weighted by atomic mass is 15.2. The van der Waals surface area contributed by atoms with E-state index in [2.05, 4.69) is 55.3 Å². The zero-order valence-corrected chi connectivity index (χ0v) is 12.7. The van der Waals surface area contributed by atoms with Crippen LogP contribution in [0, 0.1) is 5.92 Å². The minimum atomic E-state index is 0.734. The fourth-order valence-corrected chi connectivity index (χ4v) is 2.87. The van der Waals surface area contributed by atoms with Gasteiger partial charge >= 0.3 is 0 Å². The lowest BCUT2D eigenvalue weighted by Gasteiger charge is -2.36. The number of piperidine rings is 1. The Kier molecular flexibility index (Phi) is 5.41. The number of hydrogen-bond acceptors (Lipinski definition) is 2. The van der Waals surface area contributed by atoms with Crippen molar-refractivity contribution in [3.63, 3.8) is 0 Å². The summed E-state index contributed by atoms with van der Waals surface area (Å²) in [7, 11) is 0. The third kappa shape index (κ3) is 4.32. The van der Waals surface area contributed by atoms with Crippen LogP contribution in [0.25, 0.3) is 0 Å². The summed E-state index contributed by atoms with van der Waals surface area (Å²) in [5, 5.41) is 3.37. The third-order valence-electron chi connectivity index (χ3n) is 4.23. The molecular weight excluding hydrogens is 232 g/mol. The Bertz CT molecular complexity index is 371. The highest BCUT2D eigenvalue weighted by molar-refractivity contribution is 5.22. The van der Waals surface area contributed by atoms with E-state index in [1.165, 1.54) is 30.5 Å². The molecule has 2 nitrogen and oxygen atoms in total. The Morgan fingerprint density at radius 3 is 2.47 bits per heavy atom. The second-order valence-corrected chi connectivity index (χ2v) is 6.06. The summed E-state index contributed by atoms with van der Waals surface area (Å²) in [5.74, 6) is 0.851. The molecule has 0 radical (unpaired) electrons. The summed E-state index contributed by atoms with van der Waals surface area (Å²) in [5.41, 5.74) is 2.83. The predicted octanol–water partition coefficient (Wildman–Crippen LogP) is 3.42. The van der Waals surface area contributed by atoms with Crippen LogP contribution in [0.2, 0.25) is 0 Å². The molecule has 1 aliphatic rings. The number of likely N-dealkylation sites (tertiary alicyclic amines) is 1. The minimum Gasteiger partial charge on any atom is -0.313 e. The van der Waals surface area contributed by atoms with Crippen LogP contribution in [-0.4, -0.2) is 24.0 Å². The zero-order chi connectivity index (χ0) is 13.7. The molecule has 0 bridgehead atoms. The van der Waals surface area contributed by atoms with Crippen LogP contribution in [0.1, 0.15) is 44.7 Å². The van der Waals surface area contributed by atoms with Gasteiger partial charge in [-0.15, -0.1) is 0 Å². The number of rotatable bonds is 5. The summed E-state index contributed by atoms with van der Waals surface area (Å²) in [6, 6.07) is 9.83. The molecule has 0 saturated carbocycles. The van der Waals surface area contributed by atoms with Crippen LogP contribution < -0.4 is 5.32 Å². The summed E-state index contributed by atoms with van der Waals surface area (Å²) >= 11 is 0. The molecule has 1 aromatic carbocycles. The van der Waals surface area contributed by atoms with Crippen LogP contribution in [0.3, 0.4) is 0 Å². The van der Waals surface area contributed by atoms with Gasteiger partial charge in [0.1, 0.15) is 0 Å². The molecule has 1 aromatic rings. The lowest BCUT2D eigenvalue weighted by Crippen LogP contribution is -2.40. The Hall–Kier alpha value is -0.860. The van der Waals surface area contributed by atoms with E-state index in [9.17, 15) is 0 Å². The lowest BCUT2D eigenvalue weighted by molar-refractivity contribution is 0.117. The third-order valence-corrected chi connectivity index (χ3v) is 4.23. The van der Waals surface area contributed by atoms with E-state index in [1.54, 1.807) is 0 Å². The van der Waals surface area contributed by atoms with Crippen molar-refractivity contribution in [1.29, 1.82) is 0 Å². The van der Waals surface area contributed by atoms with Gasteiger partial charge in [-0.3, -0.25) is 4.90 Å². The molecule has 0 aliphatic carbocycles. The molecule has 106 valence electrons. The average molecular weight is 260 g/mol. The van der Waals surface area contributed by atoms with Crippen molar-refractivity contribution < 1.29 is 0 Å². The van der Waals surface area contributed by atoms with Gasteiger partial charge in [-0.05, 0) is 43.4 Å². The van der Waals surface area contributed by atoms with Crippen molar-refractivity contribution in [2.75, 3.05) is 13.1 Å². The fraction of sp³-hybridized carbons (Fsp3) is 0.647. The summed E-state index contributed by atoms with van der Waals surface area (Å²) in [4.78, 5) is 2.63. The second kappa shape index (κ2) is 7.06. The molecular formula is C17H28N2. The van der Waals surface area contributed by atoms with Crippen molar-refractivity contribution in [1.82, 2.24) is 10.2 Å². The van der Waals surface area contributed by atoms with Crippen molar-refractivity contribution in [3.05, 3.63) is 35.4 Å². The lowest BCUT2D eigenvalue weighted by atomic mass is 9.94. The maximum atomic E-state index is 3.37. The normalized spacial score (nSPS) is 24.6. The average Bonchev–Trinajstić information content (AvgIpc) is 2.42. The Labute approximate surface area is 118 Å². The second-order valence-electron chi connectivity index (χ2n) is 6.06. The summed E-state index contributed by atoms with van der Waals surface area (Å²) in [6.45, 7) is 11.3. The molecule has 0 spiro atoms. The van der Waals surface area contributed by atoms with Gasteiger partial charge in [0.25, 0.3) is 0 Å². The highest BCUT2D eigenvalue weighted by Gasteiger charge is 2.22. The van der Waals surface area contributed by atoms with Gasteiger partial charge in [0.05, 0.1) is 0 Å². The molecule has 1 fully saturated rings. The van der Waals surface area contributed by atoms with Crippen molar-refractivity contribution >= 4 is 0 Å². The standard InChI is InChI=1S/C17H28N2/c1-4-18-11-16-7-9-17(10-8-16)13-19-12-14(2)5-6-15(19)3/h7-10,14-15,18H,4-6,11-13H2,1-3H3. The van der Waals surface area contributed by atoms with E-state index >= 15 is 0 Å². The molecule has 1 aliphatic heterocycles. The van der Waals surface area contributed by atoms with E-state index in [4.69, 9.17) is 0 Å². The van der Waals surface area contributed by atoms with E-state index in [1.807, 2.05) is 0 Å². The van der Waals surface area contributed by atoms with Crippen molar-refractivity contribution in [2.24, 2.45) is 5.92 Å². The van der Waals surface area contributed by atoms with Gasteiger partial charge in [0.15, 0.2) is 0 Å². The Morgan fingerprint density at radius 2 is 1.79 bits per heavy atom. The fourth-order valence-electron chi connectivity index (χ4n) is 2.87. The van der Waals surface area contributed by atoms with E-state index < -0.39 is 0 Å². The van der Waals surface area contributed by atoms with Crippen LogP contribution in [0.15, 0.2) is 24.3 Å². The van der Waals surface area contributed by atoms with Gasteiger partial charge in [0.2, 0.25) is 0 Å². The SMILES string of the molecule is CCNCc1ccc(CN2CC(C)CCC2C)cc1. The molecule has 2 rings (SSSR count).